The number of nitrogens with zero attached hydrogens (tertiary/aromatic N) is 1. The van der Waals surface area contributed by atoms with Gasteiger partial charge >= 0.3 is 5.97 Å². The van der Waals surface area contributed by atoms with Gasteiger partial charge in [-0.15, -0.1) is 11.8 Å². The van der Waals surface area contributed by atoms with Crippen molar-refractivity contribution in [1.82, 2.24) is 4.98 Å². The summed E-state index contributed by atoms with van der Waals surface area (Å²) in [5.74, 6) is -0.283. The van der Waals surface area contributed by atoms with Gasteiger partial charge in [0.05, 0.1) is 12.2 Å². The fraction of sp³-hybridized carbons (Fsp3) is 0.333. The third-order valence-electron chi connectivity index (χ3n) is 1.57. The topological polar surface area (TPSA) is 59.4 Å². The van der Waals surface area contributed by atoms with E-state index in [2.05, 4.69) is 20.9 Å². The molecule has 1 heterocycles. The summed E-state index contributed by atoms with van der Waals surface area (Å²) in [5.41, 5.74) is 0.213. The van der Waals surface area contributed by atoms with E-state index in [-0.39, 0.29) is 5.56 Å². The Bertz CT molecular complexity index is 359. The second-order valence-corrected chi connectivity index (χ2v) is 4.65. The summed E-state index contributed by atoms with van der Waals surface area (Å²) in [6.07, 6.45) is 1.58. The smallest absolute Gasteiger partial charge is 0.338 e. The maximum absolute atomic E-state index is 10.9. The molecule has 0 bridgehead atoms. The van der Waals surface area contributed by atoms with Crippen LogP contribution in [0.2, 0.25) is 0 Å². The van der Waals surface area contributed by atoms with Crippen LogP contribution in [0.5, 0.6) is 0 Å². The quantitative estimate of drug-likeness (QED) is 0.666. The first kappa shape index (κ1) is 12.5. The highest BCUT2D eigenvalue weighted by Crippen LogP contribution is 2.23. The first-order chi connectivity index (χ1) is 7.15. The maximum atomic E-state index is 10.9. The third-order valence-corrected chi connectivity index (χ3v) is 2.98. The second kappa shape index (κ2) is 6.09. The summed E-state index contributed by atoms with van der Waals surface area (Å²) in [5, 5.41) is 9.46. The maximum Gasteiger partial charge on any atom is 0.338 e. The zero-order chi connectivity index (χ0) is 11.3. The normalized spacial score (nSPS) is 10.3. The van der Waals surface area contributed by atoms with Gasteiger partial charge in [0, 0.05) is 23.5 Å². The van der Waals surface area contributed by atoms with Gasteiger partial charge in [-0.25, -0.2) is 9.78 Å². The van der Waals surface area contributed by atoms with Crippen molar-refractivity contribution in [2.75, 3.05) is 19.5 Å². The molecule has 0 amide bonds. The number of carbonyl (C=O) groups is 1. The zero-order valence-corrected chi connectivity index (χ0v) is 10.5. The second-order valence-electron chi connectivity index (χ2n) is 2.65. The number of aromatic carboxylic acids is 1. The third kappa shape index (κ3) is 3.81. The molecule has 0 aliphatic rings. The Morgan fingerprint density at radius 2 is 2.47 bits per heavy atom. The Morgan fingerprint density at radius 3 is 3.07 bits per heavy atom. The Balaban J connectivity index is 2.81. The van der Waals surface area contributed by atoms with Crippen LogP contribution in [0.3, 0.4) is 0 Å². The van der Waals surface area contributed by atoms with Crippen LogP contribution in [-0.2, 0) is 4.74 Å². The van der Waals surface area contributed by atoms with Gasteiger partial charge in [0.1, 0.15) is 5.03 Å². The standard InChI is InChI=1S/C9H10BrNO3S/c1-14-2-3-15-8-7(9(12)13)4-6(10)5-11-8/h4-5H,2-3H2,1H3,(H,12,13). The van der Waals surface area contributed by atoms with E-state index in [9.17, 15) is 4.79 Å². The Kier molecular flexibility index (Phi) is 5.07. The molecule has 82 valence electrons. The summed E-state index contributed by atoms with van der Waals surface area (Å²) < 4.78 is 5.55. The van der Waals surface area contributed by atoms with E-state index in [0.29, 0.717) is 21.9 Å². The predicted octanol–water partition coefficient (Wildman–Crippen LogP) is 2.28. The first-order valence-electron chi connectivity index (χ1n) is 4.15. The van der Waals surface area contributed by atoms with Crippen LogP contribution < -0.4 is 0 Å². The van der Waals surface area contributed by atoms with Gasteiger partial charge in [-0.1, -0.05) is 0 Å². The molecule has 0 aliphatic carbocycles. The van der Waals surface area contributed by atoms with Crippen molar-refractivity contribution >= 4 is 33.7 Å². The van der Waals surface area contributed by atoms with E-state index in [1.54, 1.807) is 19.4 Å². The Morgan fingerprint density at radius 1 is 1.73 bits per heavy atom. The minimum atomic E-state index is -0.969. The molecule has 1 rings (SSSR count). The minimum Gasteiger partial charge on any atom is -0.478 e. The van der Waals surface area contributed by atoms with Crippen molar-refractivity contribution < 1.29 is 14.6 Å². The molecule has 1 aromatic heterocycles. The molecule has 0 unspecified atom stereocenters. The van der Waals surface area contributed by atoms with Crippen LogP contribution in [0.15, 0.2) is 21.8 Å². The number of methoxy groups -OCH3 is 1. The molecule has 1 N–H and O–H groups in total. The molecule has 0 aromatic carbocycles. The van der Waals surface area contributed by atoms with E-state index in [0.717, 1.165) is 0 Å². The van der Waals surface area contributed by atoms with Gasteiger partial charge in [0.15, 0.2) is 0 Å². The molecular formula is C9H10BrNO3S. The number of pyridine rings is 1. The summed E-state index contributed by atoms with van der Waals surface area (Å²) in [4.78, 5) is 15.0. The van der Waals surface area contributed by atoms with Crippen LogP contribution in [-0.4, -0.2) is 35.5 Å². The summed E-state index contributed by atoms with van der Waals surface area (Å²) in [6, 6.07) is 1.55. The predicted molar refractivity (Wildman–Crippen MR) is 61.5 cm³/mol. The summed E-state index contributed by atoms with van der Waals surface area (Å²) >= 11 is 4.56. The number of hydrogen-bond acceptors (Lipinski definition) is 4. The van der Waals surface area contributed by atoms with Crippen LogP contribution in [0.1, 0.15) is 10.4 Å². The molecule has 0 saturated heterocycles. The molecule has 0 saturated carbocycles. The lowest BCUT2D eigenvalue weighted by molar-refractivity contribution is 0.0692. The monoisotopic (exact) mass is 291 g/mol. The van der Waals surface area contributed by atoms with E-state index in [4.69, 9.17) is 9.84 Å². The number of ether oxygens (including phenoxy) is 1. The SMILES string of the molecule is COCCSc1ncc(Br)cc1C(=O)O. The molecule has 0 spiro atoms. The van der Waals surface area contributed by atoms with Gasteiger partial charge < -0.3 is 9.84 Å². The average molecular weight is 292 g/mol. The van der Waals surface area contributed by atoms with Gasteiger partial charge in [0.2, 0.25) is 0 Å². The first-order valence-corrected chi connectivity index (χ1v) is 5.93. The van der Waals surface area contributed by atoms with Crippen LogP contribution in [0.25, 0.3) is 0 Å². The lowest BCUT2D eigenvalue weighted by Gasteiger charge is -2.04. The van der Waals surface area contributed by atoms with Crippen molar-refractivity contribution in [3.63, 3.8) is 0 Å². The van der Waals surface area contributed by atoms with Crippen molar-refractivity contribution in [2.24, 2.45) is 0 Å². The molecule has 0 atom stereocenters. The fourth-order valence-electron chi connectivity index (χ4n) is 0.917. The van der Waals surface area contributed by atoms with Crippen molar-refractivity contribution in [3.05, 3.63) is 22.3 Å². The van der Waals surface area contributed by atoms with Crippen LogP contribution in [0, 0.1) is 0 Å². The fourth-order valence-corrected chi connectivity index (χ4v) is 2.12. The van der Waals surface area contributed by atoms with Crippen LogP contribution in [0.4, 0.5) is 0 Å². The van der Waals surface area contributed by atoms with E-state index >= 15 is 0 Å². The molecule has 4 nitrogen and oxygen atoms in total. The van der Waals surface area contributed by atoms with Crippen molar-refractivity contribution in [1.29, 1.82) is 0 Å². The number of thioether (sulfide) groups is 1. The highest BCUT2D eigenvalue weighted by atomic mass is 79.9. The average Bonchev–Trinajstić information content (AvgIpc) is 2.20. The minimum absolute atomic E-state index is 0.213. The largest absolute Gasteiger partial charge is 0.478 e. The van der Waals surface area contributed by atoms with Gasteiger partial charge in [-0.05, 0) is 22.0 Å². The Hall–Kier alpha value is -0.590. The summed E-state index contributed by atoms with van der Waals surface area (Å²) in [6.45, 7) is 0.571. The van der Waals surface area contributed by atoms with Crippen molar-refractivity contribution in [3.8, 4) is 0 Å². The lowest BCUT2D eigenvalue weighted by atomic mass is 10.3. The molecule has 0 radical (unpaired) electrons. The Labute approximate surface area is 100 Å². The molecule has 6 heteroatoms. The molecule has 15 heavy (non-hydrogen) atoms. The number of carboxylic acids is 1. The van der Waals surface area contributed by atoms with Gasteiger partial charge in [0.25, 0.3) is 0 Å². The van der Waals surface area contributed by atoms with E-state index < -0.39 is 5.97 Å². The highest BCUT2D eigenvalue weighted by Gasteiger charge is 2.12. The lowest BCUT2D eigenvalue weighted by Crippen LogP contribution is -2.02. The zero-order valence-electron chi connectivity index (χ0n) is 8.07. The van der Waals surface area contributed by atoms with Crippen molar-refractivity contribution in [2.45, 2.75) is 5.03 Å². The molecule has 1 aromatic rings. The molecule has 0 aliphatic heterocycles. The van der Waals surface area contributed by atoms with Crippen LogP contribution >= 0.6 is 27.7 Å². The highest BCUT2D eigenvalue weighted by molar-refractivity contribution is 9.10. The molecule has 0 fully saturated rings. The number of hydrogen-bond donors (Lipinski definition) is 1. The summed E-state index contributed by atoms with van der Waals surface area (Å²) in [7, 11) is 1.60. The number of carboxylic acid groups (broad SMARTS) is 1. The number of rotatable bonds is 5. The number of halogens is 1. The van der Waals surface area contributed by atoms with Gasteiger partial charge in [-0.2, -0.15) is 0 Å². The molecular weight excluding hydrogens is 282 g/mol. The van der Waals surface area contributed by atoms with E-state index in [1.165, 1.54) is 11.8 Å². The van der Waals surface area contributed by atoms with E-state index in [1.807, 2.05) is 0 Å². The van der Waals surface area contributed by atoms with Gasteiger partial charge in [-0.3, -0.25) is 0 Å². The number of aromatic nitrogens is 1.